The first-order valence-corrected chi connectivity index (χ1v) is 11.0. The maximum Gasteiger partial charge on any atom is 0.295 e. The standard InChI is InChI=1S/C27H27NO4/c1-4-15-28-24(21-11-7-8-12-22(21)32-17(2)3)23(26(30)27(28)31)25(29)20-14-13-18-9-5-6-10-19(18)16-20/h5-14,16-17,24,29H,4,15H2,1-3H3/b25-23+. The van der Waals surface area contributed by atoms with Crippen LogP contribution in [0.25, 0.3) is 16.5 Å². The number of carbonyl (C=O) groups is 2. The summed E-state index contributed by atoms with van der Waals surface area (Å²) in [7, 11) is 0. The zero-order chi connectivity index (χ0) is 22.8. The summed E-state index contributed by atoms with van der Waals surface area (Å²) in [6, 6.07) is 20.0. The molecule has 3 aromatic carbocycles. The zero-order valence-corrected chi connectivity index (χ0v) is 18.5. The van der Waals surface area contributed by atoms with Crippen LogP contribution in [0.3, 0.4) is 0 Å². The van der Waals surface area contributed by atoms with Gasteiger partial charge in [-0.25, -0.2) is 0 Å². The van der Waals surface area contributed by atoms with E-state index >= 15 is 0 Å². The molecule has 1 aliphatic rings. The van der Waals surface area contributed by atoms with Crippen molar-refractivity contribution in [3.8, 4) is 5.75 Å². The Kier molecular flexibility index (Phi) is 5.99. The Morgan fingerprint density at radius 3 is 2.41 bits per heavy atom. The molecule has 4 rings (SSSR count). The number of likely N-dealkylation sites (tertiary alicyclic amines) is 1. The normalized spacial score (nSPS) is 18.0. The van der Waals surface area contributed by atoms with Crippen LogP contribution < -0.4 is 4.74 Å². The van der Waals surface area contributed by atoms with Gasteiger partial charge < -0.3 is 14.7 Å². The van der Waals surface area contributed by atoms with E-state index in [2.05, 4.69) is 0 Å². The van der Waals surface area contributed by atoms with Crippen molar-refractivity contribution in [1.29, 1.82) is 0 Å². The molecule has 1 N–H and O–H groups in total. The lowest BCUT2D eigenvalue weighted by atomic mass is 9.94. The number of ketones is 1. The molecular formula is C27H27NO4. The van der Waals surface area contributed by atoms with Crippen molar-refractivity contribution in [1.82, 2.24) is 4.90 Å². The third-order valence-electron chi connectivity index (χ3n) is 5.60. The summed E-state index contributed by atoms with van der Waals surface area (Å²) in [4.78, 5) is 27.6. The molecule has 3 aromatic rings. The molecule has 5 nitrogen and oxygen atoms in total. The van der Waals surface area contributed by atoms with Crippen LogP contribution in [0.5, 0.6) is 5.75 Å². The molecular weight excluding hydrogens is 402 g/mol. The lowest BCUT2D eigenvalue weighted by molar-refractivity contribution is -0.139. The summed E-state index contributed by atoms with van der Waals surface area (Å²) in [5.41, 5.74) is 1.29. The smallest absolute Gasteiger partial charge is 0.295 e. The van der Waals surface area contributed by atoms with Gasteiger partial charge in [-0.15, -0.1) is 0 Å². The van der Waals surface area contributed by atoms with Crippen LogP contribution in [0.4, 0.5) is 0 Å². The molecule has 1 atom stereocenters. The number of para-hydroxylation sites is 1. The SMILES string of the molecule is CCCN1C(=O)C(=O)/C(=C(/O)c2ccc3ccccc3c2)C1c1ccccc1OC(C)C. The number of fused-ring (bicyclic) bond motifs is 1. The molecule has 1 unspecified atom stereocenters. The molecule has 1 aliphatic heterocycles. The Bertz CT molecular complexity index is 1210. The minimum Gasteiger partial charge on any atom is -0.507 e. The highest BCUT2D eigenvalue weighted by Crippen LogP contribution is 2.43. The van der Waals surface area contributed by atoms with E-state index in [0.717, 1.165) is 10.8 Å². The highest BCUT2D eigenvalue weighted by atomic mass is 16.5. The van der Waals surface area contributed by atoms with Crippen LogP contribution in [0.1, 0.15) is 44.4 Å². The fourth-order valence-electron chi connectivity index (χ4n) is 4.23. The predicted molar refractivity (Wildman–Crippen MR) is 125 cm³/mol. The van der Waals surface area contributed by atoms with Crippen LogP contribution in [0.2, 0.25) is 0 Å². The average molecular weight is 430 g/mol. The van der Waals surface area contributed by atoms with Gasteiger partial charge in [0, 0.05) is 17.7 Å². The Balaban J connectivity index is 1.91. The van der Waals surface area contributed by atoms with Crippen molar-refractivity contribution in [2.24, 2.45) is 0 Å². The van der Waals surface area contributed by atoms with Crippen LogP contribution >= 0.6 is 0 Å². The number of aliphatic hydroxyl groups excluding tert-OH is 1. The van der Waals surface area contributed by atoms with E-state index in [4.69, 9.17) is 4.74 Å². The van der Waals surface area contributed by atoms with Gasteiger partial charge in [-0.05, 0) is 43.2 Å². The second-order valence-electron chi connectivity index (χ2n) is 8.26. The summed E-state index contributed by atoms with van der Waals surface area (Å²) in [6.07, 6.45) is 0.609. The molecule has 1 fully saturated rings. The fourth-order valence-corrected chi connectivity index (χ4v) is 4.23. The van der Waals surface area contributed by atoms with Crippen LogP contribution in [-0.4, -0.2) is 34.3 Å². The van der Waals surface area contributed by atoms with Gasteiger partial charge in [-0.2, -0.15) is 0 Å². The Morgan fingerprint density at radius 1 is 1.00 bits per heavy atom. The number of ether oxygens (including phenoxy) is 1. The number of rotatable bonds is 6. The summed E-state index contributed by atoms with van der Waals surface area (Å²) in [5, 5.41) is 13.3. The van der Waals surface area contributed by atoms with Crippen LogP contribution in [0.15, 0.2) is 72.3 Å². The van der Waals surface area contributed by atoms with Gasteiger partial charge in [0.05, 0.1) is 17.7 Å². The number of benzene rings is 3. The minimum atomic E-state index is -0.712. The number of amides is 1. The van der Waals surface area contributed by atoms with Crippen molar-refractivity contribution in [3.05, 3.63) is 83.4 Å². The number of nitrogens with zero attached hydrogens (tertiary/aromatic N) is 1. The first-order chi connectivity index (χ1) is 15.4. The first kappa shape index (κ1) is 21.6. The van der Waals surface area contributed by atoms with Gasteiger partial charge in [-0.3, -0.25) is 9.59 Å². The molecule has 0 spiro atoms. The molecule has 0 aliphatic carbocycles. The van der Waals surface area contributed by atoms with E-state index < -0.39 is 17.7 Å². The van der Waals surface area contributed by atoms with Crippen LogP contribution in [0, 0.1) is 0 Å². The lowest BCUT2D eigenvalue weighted by Crippen LogP contribution is -2.30. The van der Waals surface area contributed by atoms with Gasteiger partial charge in [0.1, 0.15) is 11.5 Å². The first-order valence-electron chi connectivity index (χ1n) is 11.0. The number of Topliss-reactive ketones (excluding diaryl/α,β-unsaturated/α-hetero) is 1. The molecule has 32 heavy (non-hydrogen) atoms. The monoisotopic (exact) mass is 429 g/mol. The van der Waals surface area contributed by atoms with Gasteiger partial charge in [0.2, 0.25) is 0 Å². The molecule has 0 saturated carbocycles. The Hall–Kier alpha value is -3.60. The minimum absolute atomic E-state index is 0.0786. The van der Waals surface area contributed by atoms with Gasteiger partial charge in [0.25, 0.3) is 11.7 Å². The summed E-state index contributed by atoms with van der Waals surface area (Å²) in [6.45, 7) is 6.21. The molecule has 0 aromatic heterocycles. The summed E-state index contributed by atoms with van der Waals surface area (Å²) < 4.78 is 5.99. The van der Waals surface area contributed by atoms with Gasteiger partial charge in [-0.1, -0.05) is 61.5 Å². The quantitative estimate of drug-likeness (QED) is 0.321. The average Bonchev–Trinajstić information content (AvgIpc) is 3.03. The largest absolute Gasteiger partial charge is 0.507 e. The predicted octanol–water partition coefficient (Wildman–Crippen LogP) is 5.46. The van der Waals surface area contributed by atoms with Crippen molar-refractivity contribution >= 4 is 28.2 Å². The Labute approximate surface area is 187 Å². The molecule has 0 radical (unpaired) electrons. The Morgan fingerprint density at radius 2 is 1.69 bits per heavy atom. The van der Waals surface area contributed by atoms with E-state index in [1.54, 1.807) is 6.07 Å². The van der Waals surface area contributed by atoms with Crippen LogP contribution in [-0.2, 0) is 9.59 Å². The summed E-state index contributed by atoms with van der Waals surface area (Å²) >= 11 is 0. The van der Waals surface area contributed by atoms with E-state index in [9.17, 15) is 14.7 Å². The highest BCUT2D eigenvalue weighted by Gasteiger charge is 2.46. The molecule has 1 saturated heterocycles. The van der Waals surface area contributed by atoms with E-state index in [-0.39, 0.29) is 17.4 Å². The third-order valence-corrected chi connectivity index (χ3v) is 5.60. The number of hydrogen-bond acceptors (Lipinski definition) is 4. The number of hydrogen-bond donors (Lipinski definition) is 1. The summed E-state index contributed by atoms with van der Waals surface area (Å²) in [5.74, 6) is -0.844. The molecule has 164 valence electrons. The molecule has 1 heterocycles. The molecule has 0 bridgehead atoms. The molecule has 1 amide bonds. The third kappa shape index (κ3) is 3.86. The lowest BCUT2D eigenvalue weighted by Gasteiger charge is -2.27. The number of aliphatic hydroxyl groups is 1. The van der Waals surface area contributed by atoms with Crippen molar-refractivity contribution < 1.29 is 19.4 Å². The second kappa shape index (κ2) is 8.87. The van der Waals surface area contributed by atoms with Gasteiger partial charge >= 0.3 is 0 Å². The van der Waals surface area contributed by atoms with E-state index in [0.29, 0.717) is 29.8 Å². The van der Waals surface area contributed by atoms with Crippen molar-refractivity contribution in [2.45, 2.75) is 39.3 Å². The highest BCUT2D eigenvalue weighted by molar-refractivity contribution is 6.46. The van der Waals surface area contributed by atoms with E-state index in [1.807, 2.05) is 81.4 Å². The zero-order valence-electron chi connectivity index (χ0n) is 18.5. The van der Waals surface area contributed by atoms with E-state index in [1.165, 1.54) is 4.90 Å². The van der Waals surface area contributed by atoms with Gasteiger partial charge in [0.15, 0.2) is 0 Å². The number of carbonyl (C=O) groups excluding carboxylic acids is 2. The van der Waals surface area contributed by atoms with Crippen molar-refractivity contribution in [2.75, 3.05) is 6.54 Å². The maximum atomic E-state index is 13.1. The topological polar surface area (TPSA) is 66.8 Å². The molecule has 5 heteroatoms. The fraction of sp³-hybridized carbons (Fsp3) is 0.259. The van der Waals surface area contributed by atoms with Crippen molar-refractivity contribution in [3.63, 3.8) is 0 Å². The maximum absolute atomic E-state index is 13.1. The second-order valence-corrected chi connectivity index (χ2v) is 8.26.